The molecule has 1 N–H and O–H groups in total. The lowest BCUT2D eigenvalue weighted by Crippen LogP contribution is -1.95. The van der Waals surface area contributed by atoms with E-state index in [2.05, 4.69) is 11.8 Å². The zero-order valence-electron chi connectivity index (χ0n) is 13.9. The highest BCUT2D eigenvalue weighted by molar-refractivity contribution is 5.87. The highest BCUT2D eigenvalue weighted by atomic mass is 16.5. The summed E-state index contributed by atoms with van der Waals surface area (Å²) >= 11 is 0. The van der Waals surface area contributed by atoms with Gasteiger partial charge in [-0.25, -0.2) is 4.79 Å². The van der Waals surface area contributed by atoms with Crippen LogP contribution in [0.15, 0.2) is 78.9 Å². The molecule has 0 amide bonds. The number of carboxylic acid groups (broad SMARTS) is 1. The van der Waals surface area contributed by atoms with Crippen LogP contribution in [0.3, 0.4) is 0 Å². The van der Waals surface area contributed by atoms with Crippen molar-refractivity contribution in [3.8, 4) is 29.1 Å². The van der Waals surface area contributed by atoms with E-state index in [0.717, 1.165) is 17.1 Å². The van der Waals surface area contributed by atoms with E-state index in [9.17, 15) is 4.79 Å². The van der Waals surface area contributed by atoms with Crippen molar-refractivity contribution in [2.45, 2.75) is 6.61 Å². The number of carbonyl (C=O) groups is 1. The lowest BCUT2D eigenvalue weighted by Gasteiger charge is -2.08. The summed E-state index contributed by atoms with van der Waals surface area (Å²) in [5.74, 6) is 5.73. The summed E-state index contributed by atoms with van der Waals surface area (Å²) < 4.78 is 11.5. The fourth-order valence-electron chi connectivity index (χ4n) is 2.21. The van der Waals surface area contributed by atoms with Crippen molar-refractivity contribution in [1.82, 2.24) is 0 Å². The molecule has 3 aromatic carbocycles. The van der Waals surface area contributed by atoms with Crippen molar-refractivity contribution in [2.75, 3.05) is 0 Å². The maximum atomic E-state index is 10.4. The minimum absolute atomic E-state index is 0.422. The molecule has 128 valence electrons. The van der Waals surface area contributed by atoms with E-state index in [-0.39, 0.29) is 0 Å². The fourth-order valence-corrected chi connectivity index (χ4v) is 2.21. The molecule has 4 nitrogen and oxygen atoms in total. The number of rotatable bonds is 5. The van der Waals surface area contributed by atoms with Gasteiger partial charge in [0, 0.05) is 11.5 Å². The first-order chi connectivity index (χ1) is 12.7. The zero-order valence-corrected chi connectivity index (χ0v) is 13.9. The van der Waals surface area contributed by atoms with Crippen LogP contribution in [0, 0.1) is 11.8 Å². The number of aliphatic carboxylic acids is 1. The van der Waals surface area contributed by atoms with E-state index in [1.165, 1.54) is 0 Å². The van der Waals surface area contributed by atoms with Crippen LogP contribution >= 0.6 is 0 Å². The number of benzene rings is 3. The van der Waals surface area contributed by atoms with E-state index >= 15 is 0 Å². The van der Waals surface area contributed by atoms with E-state index in [0.29, 0.717) is 17.9 Å². The average Bonchev–Trinajstić information content (AvgIpc) is 2.67. The maximum Gasteiger partial charge on any atom is 0.382 e. The first kappa shape index (κ1) is 17.1. The largest absolute Gasteiger partial charge is 0.489 e. The maximum absolute atomic E-state index is 10.4. The molecular formula is C22H16O4. The molecule has 0 spiro atoms. The molecule has 0 aliphatic carbocycles. The van der Waals surface area contributed by atoms with Crippen molar-refractivity contribution in [2.24, 2.45) is 0 Å². The lowest BCUT2D eigenvalue weighted by atomic mass is 10.2. The Morgan fingerprint density at radius 1 is 0.808 bits per heavy atom. The monoisotopic (exact) mass is 344 g/mol. The molecule has 0 aromatic heterocycles. The van der Waals surface area contributed by atoms with Gasteiger partial charge in [0.25, 0.3) is 0 Å². The Hall–Kier alpha value is -3.71. The molecule has 0 aliphatic rings. The van der Waals surface area contributed by atoms with Crippen LogP contribution in [0.25, 0.3) is 0 Å². The predicted molar refractivity (Wildman–Crippen MR) is 98.2 cm³/mol. The summed E-state index contributed by atoms with van der Waals surface area (Å²) in [6.07, 6.45) is 0. The molecule has 4 heteroatoms. The van der Waals surface area contributed by atoms with E-state index in [1.54, 1.807) is 24.3 Å². The Morgan fingerprint density at radius 2 is 1.42 bits per heavy atom. The second-order valence-corrected chi connectivity index (χ2v) is 5.43. The van der Waals surface area contributed by atoms with Gasteiger partial charge in [0.15, 0.2) is 0 Å². The molecule has 0 fully saturated rings. The highest BCUT2D eigenvalue weighted by Crippen LogP contribution is 2.21. The van der Waals surface area contributed by atoms with Gasteiger partial charge in [-0.2, -0.15) is 0 Å². The van der Waals surface area contributed by atoms with E-state index in [1.807, 2.05) is 54.6 Å². The number of para-hydroxylation sites is 1. The number of hydrogen-bond donors (Lipinski definition) is 1. The van der Waals surface area contributed by atoms with E-state index in [4.69, 9.17) is 14.6 Å². The smallest absolute Gasteiger partial charge is 0.382 e. The SMILES string of the molecule is O=C(O)C#Cc1ccc(OCc2ccc(Oc3ccccc3)cc2)cc1. The topological polar surface area (TPSA) is 55.8 Å². The van der Waals surface area contributed by atoms with Gasteiger partial charge in [-0.1, -0.05) is 36.3 Å². The molecule has 0 heterocycles. The van der Waals surface area contributed by atoms with Gasteiger partial charge in [-0.05, 0) is 54.1 Å². The first-order valence-electron chi connectivity index (χ1n) is 7.99. The quantitative estimate of drug-likeness (QED) is 0.693. The number of hydrogen-bond acceptors (Lipinski definition) is 3. The molecule has 3 aromatic rings. The van der Waals surface area contributed by atoms with Crippen LogP contribution in [0.5, 0.6) is 17.2 Å². The third kappa shape index (κ3) is 5.15. The van der Waals surface area contributed by atoms with Crippen LogP contribution < -0.4 is 9.47 Å². The summed E-state index contributed by atoms with van der Waals surface area (Å²) in [6.45, 7) is 0.422. The molecular weight excluding hydrogens is 328 g/mol. The third-order valence-corrected chi connectivity index (χ3v) is 3.48. The van der Waals surface area contributed by atoms with Gasteiger partial charge >= 0.3 is 5.97 Å². The van der Waals surface area contributed by atoms with Crippen molar-refractivity contribution in [1.29, 1.82) is 0 Å². The molecule has 0 saturated heterocycles. The van der Waals surface area contributed by atoms with Crippen LogP contribution in [0.1, 0.15) is 11.1 Å². The summed E-state index contributed by atoms with van der Waals surface area (Å²) in [6, 6.07) is 24.3. The Kier molecular flexibility index (Phi) is 5.54. The Bertz CT molecular complexity index is 918. The van der Waals surface area contributed by atoms with Crippen LogP contribution in [0.2, 0.25) is 0 Å². The van der Waals surface area contributed by atoms with Crippen molar-refractivity contribution < 1.29 is 19.4 Å². The van der Waals surface area contributed by atoms with Gasteiger partial charge in [0.2, 0.25) is 0 Å². The molecule has 0 unspecified atom stereocenters. The van der Waals surface area contributed by atoms with Gasteiger partial charge in [0.1, 0.15) is 23.9 Å². The van der Waals surface area contributed by atoms with Crippen LogP contribution in [-0.4, -0.2) is 11.1 Å². The Morgan fingerprint density at radius 3 is 2.08 bits per heavy atom. The van der Waals surface area contributed by atoms with E-state index < -0.39 is 5.97 Å². The minimum atomic E-state index is -1.15. The normalized spacial score (nSPS) is 9.69. The number of ether oxygens (including phenoxy) is 2. The first-order valence-corrected chi connectivity index (χ1v) is 7.99. The standard InChI is InChI=1S/C22H16O4/c23-22(24)15-10-17-6-11-19(12-7-17)25-16-18-8-13-21(14-9-18)26-20-4-2-1-3-5-20/h1-9,11-14H,16H2,(H,23,24). The van der Waals surface area contributed by atoms with Gasteiger partial charge in [-0.15, -0.1) is 0 Å². The van der Waals surface area contributed by atoms with Crippen LogP contribution in [-0.2, 0) is 11.4 Å². The molecule has 0 atom stereocenters. The minimum Gasteiger partial charge on any atom is -0.489 e. The Balaban J connectivity index is 1.55. The van der Waals surface area contributed by atoms with Crippen LogP contribution in [0.4, 0.5) is 0 Å². The summed E-state index contributed by atoms with van der Waals surface area (Å²) in [4.78, 5) is 10.4. The third-order valence-electron chi connectivity index (χ3n) is 3.48. The molecule has 0 aliphatic heterocycles. The number of carboxylic acids is 1. The molecule has 0 radical (unpaired) electrons. The zero-order chi connectivity index (χ0) is 18.2. The van der Waals surface area contributed by atoms with Crippen molar-refractivity contribution >= 4 is 5.97 Å². The summed E-state index contributed by atoms with van der Waals surface area (Å²) in [5.41, 5.74) is 1.64. The average molecular weight is 344 g/mol. The summed E-state index contributed by atoms with van der Waals surface area (Å²) in [5, 5.41) is 8.53. The van der Waals surface area contributed by atoms with Crippen molar-refractivity contribution in [3.63, 3.8) is 0 Å². The van der Waals surface area contributed by atoms with Gasteiger partial charge < -0.3 is 14.6 Å². The second-order valence-electron chi connectivity index (χ2n) is 5.43. The lowest BCUT2D eigenvalue weighted by molar-refractivity contribution is -0.130. The molecule has 0 bridgehead atoms. The molecule has 26 heavy (non-hydrogen) atoms. The highest BCUT2D eigenvalue weighted by Gasteiger charge is 2.00. The predicted octanol–water partition coefficient (Wildman–Crippen LogP) is 4.49. The Labute approximate surface area is 151 Å². The van der Waals surface area contributed by atoms with Gasteiger partial charge in [0.05, 0.1) is 0 Å². The molecule has 0 saturated carbocycles. The fraction of sp³-hybridized carbons (Fsp3) is 0.0455. The van der Waals surface area contributed by atoms with Crippen molar-refractivity contribution in [3.05, 3.63) is 90.0 Å². The summed E-state index contributed by atoms with van der Waals surface area (Å²) in [7, 11) is 0. The second kappa shape index (κ2) is 8.41. The van der Waals surface area contributed by atoms with Gasteiger partial charge in [-0.3, -0.25) is 0 Å². The molecule has 3 rings (SSSR count).